The van der Waals surface area contributed by atoms with Gasteiger partial charge in [0.1, 0.15) is 40.4 Å². The van der Waals surface area contributed by atoms with E-state index in [9.17, 15) is 14.4 Å². The van der Waals surface area contributed by atoms with Gasteiger partial charge in [-0.1, -0.05) is 69.7 Å². The predicted molar refractivity (Wildman–Crippen MR) is 238 cm³/mol. The number of thioether (sulfide) groups is 1. The van der Waals surface area contributed by atoms with E-state index in [4.69, 9.17) is 40.3 Å². The maximum absolute atomic E-state index is 14.1. The topological polar surface area (TPSA) is 126 Å². The number of furan rings is 1. The Labute approximate surface area is 359 Å². The molecular weight excluding hydrogens is 789 g/mol. The van der Waals surface area contributed by atoms with Crippen molar-refractivity contribution in [2.75, 3.05) is 34.5 Å². The Morgan fingerprint density at radius 1 is 0.983 bits per heavy atom. The zero-order valence-electron chi connectivity index (χ0n) is 36.1. The molecule has 1 heterocycles. The summed E-state index contributed by atoms with van der Waals surface area (Å²) in [5, 5.41) is 2.71. The third-order valence-electron chi connectivity index (χ3n) is 10.4. The lowest BCUT2D eigenvalue weighted by atomic mass is 10.0. The molecule has 3 aromatic rings. The molecule has 0 radical (unpaired) electrons. The summed E-state index contributed by atoms with van der Waals surface area (Å²) in [5.41, 5.74) is 1.60. The average molecular weight is 851 g/mol. The van der Waals surface area contributed by atoms with Crippen molar-refractivity contribution in [1.29, 1.82) is 0 Å². The predicted octanol–water partition coefficient (Wildman–Crippen LogP) is 10.1. The number of alkyl carbamates (subject to hydrolysis) is 1. The molecule has 59 heavy (non-hydrogen) atoms. The van der Waals surface area contributed by atoms with Crippen molar-refractivity contribution in [3.63, 3.8) is 0 Å². The summed E-state index contributed by atoms with van der Waals surface area (Å²) in [4.78, 5) is 42.8. The Bertz CT molecular complexity index is 1860. The van der Waals surface area contributed by atoms with Gasteiger partial charge in [0, 0.05) is 41.9 Å². The van der Waals surface area contributed by atoms with E-state index in [0.717, 1.165) is 54.5 Å². The van der Waals surface area contributed by atoms with Gasteiger partial charge in [0.25, 0.3) is 5.91 Å². The number of unbranched alkanes of at least 4 members (excludes halogenated alkanes) is 1. The quantitative estimate of drug-likeness (QED) is 0.0477. The summed E-state index contributed by atoms with van der Waals surface area (Å²) in [5.74, 6) is 3.24. The van der Waals surface area contributed by atoms with Gasteiger partial charge in [0.2, 0.25) is 0 Å². The van der Waals surface area contributed by atoms with Gasteiger partial charge in [-0.2, -0.15) is 0 Å². The van der Waals surface area contributed by atoms with Gasteiger partial charge in [-0.15, -0.1) is 0 Å². The summed E-state index contributed by atoms with van der Waals surface area (Å²) >= 11 is 6.43. The highest BCUT2D eigenvalue weighted by Crippen LogP contribution is 2.38. The lowest BCUT2D eigenvalue weighted by molar-refractivity contribution is -0.146. The molecule has 0 bridgehead atoms. The number of carbonyl (C=O) groups is 3. The molecule has 2 aromatic carbocycles. The number of esters is 1. The number of carbonyl (C=O) groups excluding carboxylic acids is 3. The van der Waals surface area contributed by atoms with Crippen LogP contribution in [-0.4, -0.2) is 79.7 Å². The van der Waals surface area contributed by atoms with Crippen LogP contribution in [0.3, 0.4) is 0 Å². The van der Waals surface area contributed by atoms with Crippen LogP contribution in [0.25, 0.3) is 17.4 Å². The van der Waals surface area contributed by atoms with Crippen molar-refractivity contribution in [3.8, 4) is 28.6 Å². The summed E-state index contributed by atoms with van der Waals surface area (Å²) in [6, 6.07) is 14.0. The SMILES string of the molecule is CCCCOc1ccc(CC(NC(=O)OC(C)(C)C)C(=O)OCCCc2cc(-c3cc(OC)cc(OC)c3)oc2/C=C(\SC=S)C(=O)N(C)C2CC(CC)CC2C)cc1. The molecule has 1 aliphatic rings. The lowest BCUT2D eigenvalue weighted by Crippen LogP contribution is -2.45. The average Bonchev–Trinajstić information content (AvgIpc) is 3.80. The minimum absolute atomic E-state index is 0.0631. The molecule has 2 amide bonds. The van der Waals surface area contributed by atoms with Crippen LogP contribution in [0.5, 0.6) is 17.2 Å². The van der Waals surface area contributed by atoms with Crippen LogP contribution in [0.1, 0.15) is 97.0 Å². The lowest BCUT2D eigenvalue weighted by Gasteiger charge is -2.28. The van der Waals surface area contributed by atoms with Gasteiger partial charge < -0.3 is 38.3 Å². The molecule has 0 aliphatic heterocycles. The van der Waals surface area contributed by atoms with E-state index < -0.39 is 23.7 Å². The first-order valence-electron chi connectivity index (χ1n) is 20.5. The third kappa shape index (κ3) is 14.3. The van der Waals surface area contributed by atoms with Crippen LogP contribution in [0.15, 0.2) is 57.9 Å². The molecule has 4 rings (SSSR count). The van der Waals surface area contributed by atoms with Crippen LogP contribution >= 0.6 is 24.0 Å². The van der Waals surface area contributed by atoms with Crippen LogP contribution in [0.4, 0.5) is 4.79 Å². The van der Waals surface area contributed by atoms with Crippen LogP contribution in [0.2, 0.25) is 0 Å². The van der Waals surface area contributed by atoms with Crippen LogP contribution < -0.4 is 19.5 Å². The first-order valence-corrected chi connectivity index (χ1v) is 21.9. The van der Waals surface area contributed by atoms with Crippen molar-refractivity contribution < 1.29 is 42.5 Å². The molecule has 4 atom stereocenters. The maximum Gasteiger partial charge on any atom is 0.408 e. The Morgan fingerprint density at radius 3 is 2.27 bits per heavy atom. The Hall–Kier alpha value is -4.49. The molecule has 0 spiro atoms. The number of hydrogen-bond donors (Lipinski definition) is 1. The first kappa shape index (κ1) is 47.2. The zero-order valence-corrected chi connectivity index (χ0v) is 37.7. The minimum Gasteiger partial charge on any atom is -0.497 e. The number of methoxy groups -OCH3 is 2. The number of nitrogens with one attached hydrogen (secondary N) is 1. The molecule has 1 N–H and O–H groups in total. The van der Waals surface area contributed by atoms with Crippen molar-refractivity contribution in [2.24, 2.45) is 11.8 Å². The number of likely N-dealkylation sites (N-methyl/N-ethyl adjacent to an activating group) is 1. The monoisotopic (exact) mass is 850 g/mol. The van der Waals surface area contributed by atoms with Crippen LogP contribution in [0, 0.1) is 11.8 Å². The van der Waals surface area contributed by atoms with E-state index in [1.54, 1.807) is 47.1 Å². The zero-order chi connectivity index (χ0) is 43.1. The van der Waals surface area contributed by atoms with Gasteiger partial charge in [-0.25, -0.2) is 9.59 Å². The largest absolute Gasteiger partial charge is 0.497 e. The van der Waals surface area contributed by atoms with Crippen LogP contribution in [-0.2, 0) is 31.9 Å². The summed E-state index contributed by atoms with van der Waals surface area (Å²) in [6.45, 7) is 12.5. The van der Waals surface area contributed by atoms with Crippen molar-refractivity contribution in [2.45, 2.75) is 111 Å². The highest BCUT2D eigenvalue weighted by Gasteiger charge is 2.36. The van der Waals surface area contributed by atoms with Crippen molar-refractivity contribution in [3.05, 3.63) is 70.3 Å². The fourth-order valence-corrected chi connectivity index (χ4v) is 8.03. The molecule has 1 aliphatic carbocycles. The molecular formula is C46H62N2O9S2. The van der Waals surface area contributed by atoms with E-state index in [1.807, 2.05) is 54.4 Å². The van der Waals surface area contributed by atoms with Gasteiger partial charge >= 0.3 is 12.1 Å². The standard InChI is InChI=1S/C46H62N2O9S2/c1-10-12-19-54-35-17-15-32(16-18-35)22-38(47-45(51)57-46(4,5)6)44(50)55-20-13-14-33-26-40(34-24-36(52-8)27-37(25-34)53-9)56-41(33)28-42(59-29-58)43(49)48(7)39-23-31(11-2)21-30(39)3/h15-18,24-31,38-39H,10-14,19-23H2,1-9H3,(H,47,51)/b42-28-. The van der Waals surface area contributed by atoms with E-state index in [2.05, 4.69) is 26.1 Å². The number of ether oxygens (including phenoxy) is 5. The van der Waals surface area contributed by atoms with Gasteiger partial charge in [-0.3, -0.25) is 4.79 Å². The molecule has 322 valence electrons. The summed E-state index contributed by atoms with van der Waals surface area (Å²) in [6.07, 6.45) is 7.25. The van der Waals surface area contributed by atoms with Gasteiger partial charge in [0.05, 0.1) is 32.3 Å². The number of benzene rings is 2. The van der Waals surface area contributed by atoms with E-state index in [0.29, 0.717) is 59.2 Å². The maximum atomic E-state index is 14.1. The molecule has 1 saturated carbocycles. The Balaban J connectivity index is 1.56. The minimum atomic E-state index is -0.994. The number of nitrogens with zero attached hydrogens (tertiary/aromatic N) is 1. The smallest absolute Gasteiger partial charge is 0.408 e. The highest BCUT2D eigenvalue weighted by molar-refractivity contribution is 8.24. The number of hydrogen-bond acceptors (Lipinski definition) is 11. The first-order chi connectivity index (χ1) is 28.2. The van der Waals surface area contributed by atoms with Gasteiger partial charge in [0.15, 0.2) is 0 Å². The Morgan fingerprint density at radius 2 is 1.68 bits per heavy atom. The Kier molecular flexibility index (Phi) is 18.2. The molecule has 13 heteroatoms. The second kappa shape index (κ2) is 22.8. The molecule has 1 fully saturated rings. The third-order valence-corrected chi connectivity index (χ3v) is 11.3. The normalized spacial score (nSPS) is 17.2. The fraction of sp³-hybridized carbons (Fsp3) is 0.522. The van der Waals surface area contributed by atoms with Crippen molar-refractivity contribution >= 4 is 52.7 Å². The highest BCUT2D eigenvalue weighted by atomic mass is 32.2. The molecule has 4 unspecified atom stereocenters. The second-order valence-electron chi connectivity index (χ2n) is 16.1. The molecule has 0 saturated heterocycles. The number of aryl methyl sites for hydroxylation is 1. The van der Waals surface area contributed by atoms with E-state index in [-0.39, 0.29) is 25.0 Å². The van der Waals surface area contributed by atoms with E-state index >= 15 is 0 Å². The van der Waals surface area contributed by atoms with Gasteiger partial charge in [-0.05, 0) is 106 Å². The number of amides is 2. The number of thiocarbonyl (C=S) groups is 1. The summed E-state index contributed by atoms with van der Waals surface area (Å²) < 4.78 is 36.1. The second-order valence-corrected chi connectivity index (χ2v) is 17.5. The fourth-order valence-electron chi connectivity index (χ4n) is 7.19. The number of rotatable bonds is 21. The van der Waals surface area contributed by atoms with E-state index in [1.165, 1.54) is 16.5 Å². The van der Waals surface area contributed by atoms with Crippen molar-refractivity contribution in [1.82, 2.24) is 10.2 Å². The molecule has 11 nitrogen and oxygen atoms in total. The molecule has 1 aromatic heterocycles. The summed E-state index contributed by atoms with van der Waals surface area (Å²) in [7, 11) is 5.04.